The Labute approximate surface area is 196 Å². The average Bonchev–Trinajstić information content (AvgIpc) is 2.74. The SMILES string of the molecule is C=C(C)/C(=C\C=C(/C)C(F)(F)F)C(=O)Nc1ccc(Cl)c(-c2cnc3cc(F)c(F)cc3n2)c1. The van der Waals surface area contributed by atoms with Gasteiger partial charge in [0.1, 0.15) is 0 Å². The third-order valence-corrected chi connectivity index (χ3v) is 5.07. The molecule has 0 saturated heterocycles. The zero-order chi connectivity index (χ0) is 25.2. The van der Waals surface area contributed by atoms with Gasteiger partial charge >= 0.3 is 6.18 Å². The molecule has 1 aromatic heterocycles. The highest BCUT2D eigenvalue weighted by Crippen LogP contribution is 2.31. The van der Waals surface area contributed by atoms with Gasteiger partial charge in [-0.15, -0.1) is 0 Å². The van der Waals surface area contributed by atoms with Gasteiger partial charge in [0.25, 0.3) is 5.91 Å². The molecule has 176 valence electrons. The number of benzene rings is 2. The largest absolute Gasteiger partial charge is 0.412 e. The molecular weight excluding hydrogens is 477 g/mol. The monoisotopic (exact) mass is 493 g/mol. The van der Waals surface area contributed by atoms with Crippen LogP contribution in [0.5, 0.6) is 0 Å². The predicted octanol–water partition coefficient (Wildman–Crippen LogP) is 7.18. The highest BCUT2D eigenvalue weighted by molar-refractivity contribution is 6.33. The minimum atomic E-state index is -4.52. The van der Waals surface area contributed by atoms with E-state index in [1.807, 2.05) is 0 Å². The second kappa shape index (κ2) is 9.72. The summed E-state index contributed by atoms with van der Waals surface area (Å²) < 4.78 is 65.3. The van der Waals surface area contributed by atoms with Gasteiger partial charge in [0.05, 0.1) is 27.9 Å². The van der Waals surface area contributed by atoms with Crippen molar-refractivity contribution >= 4 is 34.2 Å². The molecule has 0 aliphatic heterocycles. The molecule has 0 aliphatic carbocycles. The number of allylic oxidation sites excluding steroid dienone is 3. The average molecular weight is 494 g/mol. The third kappa shape index (κ3) is 5.66. The molecule has 34 heavy (non-hydrogen) atoms. The van der Waals surface area contributed by atoms with Crippen LogP contribution in [0.2, 0.25) is 5.02 Å². The molecule has 0 fully saturated rings. The smallest absolute Gasteiger partial charge is 0.322 e. The highest BCUT2D eigenvalue weighted by atomic mass is 35.5. The summed E-state index contributed by atoms with van der Waals surface area (Å²) in [6.45, 7) is 6.02. The molecule has 1 heterocycles. The van der Waals surface area contributed by atoms with Crippen molar-refractivity contribution in [3.8, 4) is 11.3 Å². The first-order valence-corrected chi connectivity index (χ1v) is 10.1. The van der Waals surface area contributed by atoms with Crippen molar-refractivity contribution in [1.82, 2.24) is 9.97 Å². The predicted molar refractivity (Wildman–Crippen MR) is 121 cm³/mol. The topological polar surface area (TPSA) is 54.9 Å². The molecule has 4 nitrogen and oxygen atoms in total. The fourth-order valence-corrected chi connectivity index (χ4v) is 3.06. The van der Waals surface area contributed by atoms with E-state index in [-0.39, 0.29) is 38.6 Å². The number of aromatic nitrogens is 2. The maximum Gasteiger partial charge on any atom is 0.412 e. The van der Waals surface area contributed by atoms with Crippen molar-refractivity contribution in [1.29, 1.82) is 0 Å². The number of fused-ring (bicyclic) bond motifs is 1. The molecular formula is C24H17ClF5N3O. The number of hydrogen-bond acceptors (Lipinski definition) is 3. The van der Waals surface area contributed by atoms with Gasteiger partial charge in [0, 0.05) is 34.5 Å². The lowest BCUT2D eigenvalue weighted by molar-refractivity contribution is -0.112. The molecule has 0 bridgehead atoms. The van der Waals surface area contributed by atoms with Crippen LogP contribution in [0.15, 0.2) is 72.0 Å². The van der Waals surface area contributed by atoms with E-state index in [2.05, 4.69) is 21.9 Å². The summed E-state index contributed by atoms with van der Waals surface area (Å²) in [4.78, 5) is 21.0. The summed E-state index contributed by atoms with van der Waals surface area (Å²) in [5.41, 5.74) is 0.407. The van der Waals surface area contributed by atoms with Crippen LogP contribution in [-0.2, 0) is 4.79 Å². The number of alkyl halides is 3. The maximum absolute atomic E-state index is 13.6. The van der Waals surface area contributed by atoms with Crippen LogP contribution < -0.4 is 5.32 Å². The van der Waals surface area contributed by atoms with Crippen molar-refractivity contribution in [3.63, 3.8) is 0 Å². The van der Waals surface area contributed by atoms with E-state index in [0.29, 0.717) is 5.56 Å². The number of carbonyl (C=O) groups excluding carboxylic acids is 1. The summed E-state index contributed by atoms with van der Waals surface area (Å²) in [5.74, 6) is -2.83. The van der Waals surface area contributed by atoms with Gasteiger partial charge in [-0.3, -0.25) is 9.78 Å². The van der Waals surface area contributed by atoms with Crippen molar-refractivity contribution in [2.45, 2.75) is 20.0 Å². The van der Waals surface area contributed by atoms with E-state index in [1.165, 1.54) is 31.3 Å². The molecule has 10 heteroatoms. The first kappa shape index (κ1) is 25.0. The number of hydrogen-bond donors (Lipinski definition) is 1. The van der Waals surface area contributed by atoms with Gasteiger partial charge in [-0.1, -0.05) is 24.3 Å². The zero-order valence-electron chi connectivity index (χ0n) is 17.9. The zero-order valence-corrected chi connectivity index (χ0v) is 18.7. The van der Waals surface area contributed by atoms with E-state index in [9.17, 15) is 26.7 Å². The van der Waals surface area contributed by atoms with Crippen molar-refractivity contribution in [2.24, 2.45) is 0 Å². The van der Waals surface area contributed by atoms with Crippen molar-refractivity contribution in [3.05, 3.63) is 88.6 Å². The molecule has 0 aliphatic rings. The second-order valence-electron chi connectivity index (χ2n) is 7.37. The molecule has 0 spiro atoms. The van der Waals surface area contributed by atoms with Crippen LogP contribution in [-0.4, -0.2) is 22.1 Å². The Bertz CT molecular complexity index is 1360. The molecule has 1 N–H and O–H groups in total. The van der Waals surface area contributed by atoms with Gasteiger partial charge < -0.3 is 5.32 Å². The molecule has 0 atom stereocenters. The van der Waals surface area contributed by atoms with E-state index in [0.717, 1.165) is 31.2 Å². The van der Waals surface area contributed by atoms with Crippen molar-refractivity contribution in [2.75, 3.05) is 5.32 Å². The van der Waals surface area contributed by atoms with Crippen LogP contribution in [0, 0.1) is 11.6 Å². The van der Waals surface area contributed by atoms with Gasteiger partial charge in [-0.25, -0.2) is 13.8 Å². The normalized spacial score (nSPS) is 12.7. The Morgan fingerprint density at radius 1 is 1.06 bits per heavy atom. The quantitative estimate of drug-likeness (QED) is 0.233. The molecule has 3 rings (SSSR count). The molecule has 0 unspecified atom stereocenters. The van der Waals surface area contributed by atoms with Crippen LogP contribution in [0.25, 0.3) is 22.3 Å². The van der Waals surface area contributed by atoms with Crippen LogP contribution in [0.1, 0.15) is 13.8 Å². The molecule has 0 saturated carbocycles. The summed E-state index contributed by atoms with van der Waals surface area (Å²) in [6, 6.07) is 6.26. The summed E-state index contributed by atoms with van der Waals surface area (Å²) in [5, 5.41) is 2.83. The fraction of sp³-hybridized carbons (Fsp3) is 0.125. The lowest BCUT2D eigenvalue weighted by Gasteiger charge is -2.12. The summed E-state index contributed by atoms with van der Waals surface area (Å²) >= 11 is 6.26. The molecule has 1 amide bonds. The first-order chi connectivity index (χ1) is 15.9. The number of nitrogens with one attached hydrogen (secondary N) is 1. The van der Waals surface area contributed by atoms with Crippen LogP contribution >= 0.6 is 11.6 Å². The fourth-order valence-electron chi connectivity index (χ4n) is 2.85. The number of anilines is 1. The number of halogens is 6. The molecule has 2 aromatic carbocycles. The maximum atomic E-state index is 13.6. The Morgan fingerprint density at radius 2 is 1.71 bits per heavy atom. The summed E-state index contributed by atoms with van der Waals surface area (Å²) in [7, 11) is 0. The van der Waals surface area contributed by atoms with E-state index in [4.69, 9.17) is 11.6 Å². The minimum absolute atomic E-state index is 0.0527. The number of amides is 1. The Balaban J connectivity index is 1.94. The minimum Gasteiger partial charge on any atom is -0.322 e. The van der Waals surface area contributed by atoms with E-state index >= 15 is 0 Å². The van der Waals surface area contributed by atoms with Gasteiger partial charge in [0.15, 0.2) is 11.6 Å². The van der Waals surface area contributed by atoms with Gasteiger partial charge in [-0.05, 0) is 43.7 Å². The third-order valence-electron chi connectivity index (χ3n) is 4.74. The van der Waals surface area contributed by atoms with Crippen LogP contribution in [0.4, 0.5) is 27.6 Å². The van der Waals surface area contributed by atoms with E-state index in [1.54, 1.807) is 0 Å². The first-order valence-electron chi connectivity index (χ1n) is 9.71. The Morgan fingerprint density at radius 3 is 2.32 bits per heavy atom. The standard InChI is InChI=1S/C24H17ClF5N3O/c1-12(2)15(6-4-13(3)24(28,29)30)23(34)32-14-5-7-17(25)16(8-14)22-11-31-20-9-18(26)19(27)10-21(20)33-22/h4-11H,1H2,2-3H3,(H,32,34)/b13-4+,15-6+. The number of rotatable bonds is 5. The number of nitrogens with zero attached hydrogens (tertiary/aromatic N) is 2. The summed E-state index contributed by atoms with van der Waals surface area (Å²) in [6.07, 6.45) is -1.37. The van der Waals surface area contributed by atoms with Crippen LogP contribution in [0.3, 0.4) is 0 Å². The lowest BCUT2D eigenvalue weighted by Crippen LogP contribution is -2.15. The molecule has 0 radical (unpaired) electrons. The molecule has 3 aromatic rings. The van der Waals surface area contributed by atoms with E-state index < -0.39 is 29.3 Å². The van der Waals surface area contributed by atoms with Crippen molar-refractivity contribution < 1.29 is 26.7 Å². The lowest BCUT2D eigenvalue weighted by atomic mass is 10.1. The Kier molecular flexibility index (Phi) is 7.16. The Hall–Kier alpha value is -3.59. The van der Waals surface area contributed by atoms with Gasteiger partial charge in [-0.2, -0.15) is 13.2 Å². The van der Waals surface area contributed by atoms with Gasteiger partial charge in [0.2, 0.25) is 0 Å². The number of carbonyl (C=O) groups is 1. The highest BCUT2D eigenvalue weighted by Gasteiger charge is 2.29. The second-order valence-corrected chi connectivity index (χ2v) is 7.77.